The van der Waals surface area contributed by atoms with Gasteiger partial charge in [-0.25, -0.2) is 4.39 Å². The van der Waals surface area contributed by atoms with Crippen molar-refractivity contribution in [3.05, 3.63) is 12.2 Å². The molecule has 1 heteroatoms. The minimum atomic E-state index is -1.15. The molecular weight excluding hydrogens is 139 g/mol. The number of hydrogen-bond acceptors (Lipinski definition) is 0. The SMILES string of the molecule is CC(C)/C=C/C(C)(F)C(C)C. The zero-order valence-corrected chi connectivity index (χ0v) is 8.19. The van der Waals surface area contributed by atoms with Crippen LogP contribution in [0.5, 0.6) is 0 Å². The van der Waals surface area contributed by atoms with E-state index in [0.29, 0.717) is 5.92 Å². The maximum atomic E-state index is 13.5. The van der Waals surface area contributed by atoms with E-state index in [4.69, 9.17) is 0 Å². The third-order valence-electron chi connectivity index (χ3n) is 1.94. The molecule has 0 saturated carbocycles. The summed E-state index contributed by atoms with van der Waals surface area (Å²) in [4.78, 5) is 0. The van der Waals surface area contributed by atoms with Crippen LogP contribution in [-0.4, -0.2) is 5.67 Å². The normalized spacial score (nSPS) is 18.2. The molecular formula is C10H19F. The van der Waals surface area contributed by atoms with Gasteiger partial charge >= 0.3 is 0 Å². The first-order valence-electron chi connectivity index (χ1n) is 4.24. The van der Waals surface area contributed by atoms with Crippen molar-refractivity contribution in [2.45, 2.75) is 40.3 Å². The second-order valence-corrected chi connectivity index (χ2v) is 3.91. The molecule has 0 fully saturated rings. The monoisotopic (exact) mass is 158 g/mol. The van der Waals surface area contributed by atoms with Gasteiger partial charge < -0.3 is 0 Å². The van der Waals surface area contributed by atoms with Crippen LogP contribution in [0.3, 0.4) is 0 Å². The Bertz CT molecular complexity index is 132. The Kier molecular flexibility index (Phi) is 3.77. The summed E-state index contributed by atoms with van der Waals surface area (Å²) in [5.41, 5.74) is -1.15. The smallest absolute Gasteiger partial charge is 0.128 e. The minimum Gasteiger partial charge on any atom is -0.239 e. The predicted molar refractivity (Wildman–Crippen MR) is 48.3 cm³/mol. The van der Waals surface area contributed by atoms with Crippen molar-refractivity contribution in [1.82, 2.24) is 0 Å². The van der Waals surface area contributed by atoms with Crippen LogP contribution < -0.4 is 0 Å². The Hall–Kier alpha value is -0.330. The Morgan fingerprint density at radius 3 is 1.91 bits per heavy atom. The van der Waals surface area contributed by atoms with Gasteiger partial charge in [-0.3, -0.25) is 0 Å². The maximum absolute atomic E-state index is 13.5. The van der Waals surface area contributed by atoms with Gasteiger partial charge in [0.1, 0.15) is 5.67 Å². The summed E-state index contributed by atoms with van der Waals surface area (Å²) < 4.78 is 13.5. The minimum absolute atomic E-state index is 0.0532. The lowest BCUT2D eigenvalue weighted by atomic mass is 9.93. The molecule has 0 N–H and O–H groups in total. The number of rotatable bonds is 3. The van der Waals surface area contributed by atoms with Crippen molar-refractivity contribution in [1.29, 1.82) is 0 Å². The summed E-state index contributed by atoms with van der Waals surface area (Å²) in [6, 6.07) is 0. The van der Waals surface area contributed by atoms with Crippen molar-refractivity contribution < 1.29 is 4.39 Å². The predicted octanol–water partition coefficient (Wildman–Crippen LogP) is 3.58. The lowest BCUT2D eigenvalue weighted by Gasteiger charge is -2.20. The van der Waals surface area contributed by atoms with Crippen molar-refractivity contribution >= 4 is 0 Å². The average molecular weight is 158 g/mol. The highest BCUT2D eigenvalue weighted by Crippen LogP contribution is 2.23. The third-order valence-corrected chi connectivity index (χ3v) is 1.94. The molecule has 0 aromatic heterocycles. The summed E-state index contributed by atoms with van der Waals surface area (Å²) in [6.07, 6.45) is 3.59. The first-order chi connectivity index (χ1) is 4.86. The van der Waals surface area contributed by atoms with E-state index in [1.54, 1.807) is 13.0 Å². The quantitative estimate of drug-likeness (QED) is 0.551. The summed E-state index contributed by atoms with van der Waals surface area (Å²) >= 11 is 0. The van der Waals surface area contributed by atoms with E-state index in [1.807, 2.05) is 33.8 Å². The van der Waals surface area contributed by atoms with Crippen molar-refractivity contribution in [2.24, 2.45) is 11.8 Å². The van der Waals surface area contributed by atoms with Crippen molar-refractivity contribution in [2.75, 3.05) is 0 Å². The van der Waals surface area contributed by atoms with E-state index in [2.05, 4.69) is 0 Å². The zero-order chi connectivity index (χ0) is 9.07. The fourth-order valence-electron chi connectivity index (χ4n) is 0.573. The number of halogens is 1. The van der Waals surface area contributed by atoms with Crippen LogP contribution in [0.25, 0.3) is 0 Å². The lowest BCUT2D eigenvalue weighted by Crippen LogP contribution is -2.22. The highest BCUT2D eigenvalue weighted by molar-refractivity contribution is 5.01. The van der Waals surface area contributed by atoms with Gasteiger partial charge in [-0.15, -0.1) is 0 Å². The highest BCUT2D eigenvalue weighted by Gasteiger charge is 2.23. The van der Waals surface area contributed by atoms with E-state index in [-0.39, 0.29) is 5.92 Å². The summed E-state index contributed by atoms with van der Waals surface area (Å²) in [7, 11) is 0. The summed E-state index contributed by atoms with van der Waals surface area (Å²) in [5, 5.41) is 0. The van der Waals surface area contributed by atoms with Gasteiger partial charge in [0.15, 0.2) is 0 Å². The van der Waals surface area contributed by atoms with Crippen LogP contribution in [0.2, 0.25) is 0 Å². The Balaban J connectivity index is 4.11. The molecule has 1 unspecified atom stereocenters. The van der Waals surface area contributed by atoms with Crippen molar-refractivity contribution in [3.63, 3.8) is 0 Å². The van der Waals surface area contributed by atoms with Gasteiger partial charge in [0.05, 0.1) is 0 Å². The molecule has 0 saturated heterocycles. The molecule has 11 heavy (non-hydrogen) atoms. The van der Waals surface area contributed by atoms with E-state index in [0.717, 1.165) is 0 Å². The number of allylic oxidation sites excluding steroid dienone is 2. The molecule has 66 valence electrons. The molecule has 0 spiro atoms. The molecule has 0 aromatic carbocycles. The molecule has 0 rings (SSSR count). The van der Waals surface area contributed by atoms with Crippen LogP contribution in [0, 0.1) is 11.8 Å². The first-order valence-corrected chi connectivity index (χ1v) is 4.24. The molecule has 0 aliphatic heterocycles. The molecule has 0 radical (unpaired) electrons. The molecule has 0 aromatic rings. The van der Waals surface area contributed by atoms with E-state index < -0.39 is 5.67 Å². The molecule has 0 bridgehead atoms. The topological polar surface area (TPSA) is 0 Å². The van der Waals surface area contributed by atoms with Gasteiger partial charge in [-0.05, 0) is 18.8 Å². The third kappa shape index (κ3) is 4.18. The van der Waals surface area contributed by atoms with E-state index in [1.165, 1.54) is 0 Å². The first kappa shape index (κ1) is 10.7. The lowest BCUT2D eigenvalue weighted by molar-refractivity contribution is 0.183. The fourth-order valence-corrected chi connectivity index (χ4v) is 0.573. The van der Waals surface area contributed by atoms with Crippen LogP contribution in [0.15, 0.2) is 12.2 Å². The zero-order valence-electron chi connectivity index (χ0n) is 8.19. The second-order valence-electron chi connectivity index (χ2n) is 3.91. The molecule has 0 aliphatic carbocycles. The Morgan fingerprint density at radius 2 is 1.64 bits per heavy atom. The van der Waals surface area contributed by atoms with E-state index >= 15 is 0 Å². The molecule has 0 aliphatic rings. The fraction of sp³-hybridized carbons (Fsp3) is 0.800. The Morgan fingerprint density at radius 1 is 1.18 bits per heavy atom. The van der Waals surface area contributed by atoms with Gasteiger partial charge in [0.25, 0.3) is 0 Å². The van der Waals surface area contributed by atoms with Crippen LogP contribution in [-0.2, 0) is 0 Å². The molecule has 0 nitrogen and oxygen atoms in total. The molecule has 0 heterocycles. The molecule has 1 atom stereocenters. The summed E-state index contributed by atoms with van der Waals surface area (Å²) in [6.45, 7) is 9.51. The van der Waals surface area contributed by atoms with Gasteiger partial charge in [0, 0.05) is 0 Å². The van der Waals surface area contributed by atoms with Gasteiger partial charge in [-0.1, -0.05) is 39.8 Å². The Labute approximate surface area is 69.5 Å². The summed E-state index contributed by atoms with van der Waals surface area (Å²) in [5.74, 6) is 0.487. The maximum Gasteiger partial charge on any atom is 0.128 e. The molecule has 0 amide bonds. The van der Waals surface area contributed by atoms with Gasteiger partial charge in [-0.2, -0.15) is 0 Å². The standard InChI is InChI=1S/C10H19F/c1-8(2)6-7-10(5,11)9(3)4/h6-9H,1-5H3/b7-6+. The van der Waals surface area contributed by atoms with Gasteiger partial charge in [0.2, 0.25) is 0 Å². The largest absolute Gasteiger partial charge is 0.239 e. The average Bonchev–Trinajstić information content (AvgIpc) is 1.84. The van der Waals surface area contributed by atoms with Crippen molar-refractivity contribution in [3.8, 4) is 0 Å². The van der Waals surface area contributed by atoms with Crippen LogP contribution >= 0.6 is 0 Å². The second kappa shape index (κ2) is 3.89. The van der Waals surface area contributed by atoms with Crippen LogP contribution in [0.1, 0.15) is 34.6 Å². The number of alkyl halides is 1. The highest BCUT2D eigenvalue weighted by atomic mass is 19.1. The number of hydrogen-bond donors (Lipinski definition) is 0. The van der Waals surface area contributed by atoms with E-state index in [9.17, 15) is 4.39 Å². The van der Waals surface area contributed by atoms with Crippen LogP contribution in [0.4, 0.5) is 4.39 Å².